The molecule has 0 saturated carbocycles. The summed E-state index contributed by atoms with van der Waals surface area (Å²) in [6.07, 6.45) is 0. The van der Waals surface area contributed by atoms with Crippen molar-refractivity contribution < 1.29 is 27.8 Å². The predicted molar refractivity (Wildman–Crippen MR) is 98.7 cm³/mol. The topological polar surface area (TPSA) is 64.6 Å². The molecule has 142 valence electrons. The van der Waals surface area contributed by atoms with Crippen LogP contribution in [0.5, 0.6) is 11.5 Å². The van der Waals surface area contributed by atoms with Crippen molar-refractivity contribution in [3.8, 4) is 11.5 Å². The third kappa shape index (κ3) is 4.50. The molecule has 0 heterocycles. The van der Waals surface area contributed by atoms with Crippen molar-refractivity contribution in [2.45, 2.75) is 0 Å². The van der Waals surface area contributed by atoms with Gasteiger partial charge in [0.2, 0.25) is 0 Å². The van der Waals surface area contributed by atoms with Gasteiger partial charge in [0.25, 0.3) is 5.91 Å². The van der Waals surface area contributed by atoms with Gasteiger partial charge in [-0.05, 0) is 48.5 Å². The molecule has 0 radical (unpaired) electrons. The van der Waals surface area contributed by atoms with Gasteiger partial charge in [-0.1, -0.05) is 12.1 Å². The molecule has 0 unspecified atom stereocenters. The van der Waals surface area contributed by atoms with Crippen LogP contribution < -0.4 is 14.8 Å². The summed E-state index contributed by atoms with van der Waals surface area (Å²) in [6.45, 7) is 0. The Bertz CT molecular complexity index is 999. The molecule has 1 amide bonds. The van der Waals surface area contributed by atoms with Crippen LogP contribution >= 0.6 is 0 Å². The summed E-state index contributed by atoms with van der Waals surface area (Å²) in [5, 5.41) is 2.70. The summed E-state index contributed by atoms with van der Waals surface area (Å²) in [4.78, 5) is 24.4. The quantitative estimate of drug-likeness (QED) is 0.522. The van der Waals surface area contributed by atoms with Crippen molar-refractivity contribution in [1.82, 2.24) is 0 Å². The van der Waals surface area contributed by atoms with E-state index in [2.05, 4.69) is 5.32 Å². The fourth-order valence-corrected chi connectivity index (χ4v) is 2.47. The Morgan fingerprint density at radius 2 is 1.54 bits per heavy atom. The molecule has 0 aliphatic rings. The van der Waals surface area contributed by atoms with E-state index in [0.29, 0.717) is 23.1 Å². The minimum Gasteiger partial charge on any atom is -0.496 e. The Hall–Kier alpha value is -3.74. The molecule has 3 aromatic carbocycles. The number of methoxy groups -OCH3 is 1. The van der Waals surface area contributed by atoms with Crippen LogP contribution in [0, 0.1) is 11.6 Å². The number of halogens is 2. The molecule has 0 spiro atoms. The molecular formula is C21H15F2NO4. The molecule has 28 heavy (non-hydrogen) atoms. The maximum Gasteiger partial charge on any atom is 0.343 e. The summed E-state index contributed by atoms with van der Waals surface area (Å²) in [6, 6.07) is 15.2. The van der Waals surface area contributed by atoms with E-state index in [1.807, 2.05) is 0 Å². The second-order valence-electron chi connectivity index (χ2n) is 5.73. The van der Waals surface area contributed by atoms with Crippen LogP contribution in [0.25, 0.3) is 0 Å². The lowest BCUT2D eigenvalue weighted by molar-refractivity contribution is 0.0733. The molecule has 1 N–H and O–H groups in total. The first-order valence-corrected chi connectivity index (χ1v) is 8.19. The van der Waals surface area contributed by atoms with Crippen molar-refractivity contribution in [1.29, 1.82) is 0 Å². The molecule has 0 saturated heterocycles. The number of amides is 1. The lowest BCUT2D eigenvalue weighted by atomic mass is 10.2. The Morgan fingerprint density at radius 3 is 2.18 bits per heavy atom. The minimum absolute atomic E-state index is 0.157. The molecule has 3 aromatic rings. The number of carbonyl (C=O) groups excluding carboxylic acids is 2. The summed E-state index contributed by atoms with van der Waals surface area (Å²) in [5.74, 6) is -2.41. The van der Waals surface area contributed by atoms with Crippen LogP contribution in [-0.4, -0.2) is 19.0 Å². The average Bonchev–Trinajstić information content (AvgIpc) is 2.68. The van der Waals surface area contributed by atoms with Crippen LogP contribution in [0.15, 0.2) is 66.7 Å². The zero-order valence-corrected chi connectivity index (χ0v) is 14.7. The first kappa shape index (κ1) is 19.0. The van der Waals surface area contributed by atoms with E-state index >= 15 is 0 Å². The molecule has 0 atom stereocenters. The largest absolute Gasteiger partial charge is 0.496 e. The lowest BCUT2D eigenvalue weighted by Gasteiger charge is -2.10. The van der Waals surface area contributed by atoms with E-state index < -0.39 is 17.6 Å². The SMILES string of the molecule is COc1ccccc1C(=O)Nc1ccc(OC(=O)c2cc(F)cc(F)c2)cc1. The molecule has 3 rings (SSSR count). The summed E-state index contributed by atoms with van der Waals surface area (Å²) in [5.41, 5.74) is 0.590. The van der Waals surface area contributed by atoms with E-state index in [4.69, 9.17) is 9.47 Å². The standard InChI is InChI=1S/C21H15F2NO4/c1-27-19-5-3-2-4-18(19)20(25)24-16-6-8-17(9-7-16)28-21(26)13-10-14(22)12-15(23)11-13/h2-12H,1H3,(H,24,25). The summed E-state index contributed by atoms with van der Waals surface area (Å²) in [7, 11) is 1.47. The van der Waals surface area contributed by atoms with Crippen molar-refractivity contribution >= 4 is 17.6 Å². The maximum atomic E-state index is 13.2. The molecule has 0 aliphatic heterocycles. The number of nitrogens with one attached hydrogen (secondary N) is 1. The Labute approximate surface area is 159 Å². The van der Waals surface area contributed by atoms with Crippen molar-refractivity contribution in [2.75, 3.05) is 12.4 Å². The normalized spacial score (nSPS) is 10.2. The number of rotatable bonds is 5. The number of ether oxygens (including phenoxy) is 2. The van der Waals surface area contributed by atoms with Crippen LogP contribution in [0.1, 0.15) is 20.7 Å². The lowest BCUT2D eigenvalue weighted by Crippen LogP contribution is -2.13. The number of anilines is 1. The smallest absolute Gasteiger partial charge is 0.343 e. The number of hydrogen-bond donors (Lipinski definition) is 1. The molecule has 5 nitrogen and oxygen atoms in total. The van der Waals surface area contributed by atoms with E-state index in [1.54, 1.807) is 24.3 Å². The Balaban J connectivity index is 1.68. The Morgan fingerprint density at radius 1 is 0.893 bits per heavy atom. The van der Waals surface area contributed by atoms with Gasteiger partial charge in [0.1, 0.15) is 23.1 Å². The monoisotopic (exact) mass is 383 g/mol. The number of benzene rings is 3. The van der Waals surface area contributed by atoms with Crippen LogP contribution in [0.3, 0.4) is 0 Å². The fourth-order valence-electron chi connectivity index (χ4n) is 2.47. The predicted octanol–water partition coefficient (Wildman–Crippen LogP) is 4.44. The molecule has 0 fully saturated rings. The van der Waals surface area contributed by atoms with Gasteiger partial charge in [-0.2, -0.15) is 0 Å². The van der Waals surface area contributed by atoms with Gasteiger partial charge in [-0.3, -0.25) is 4.79 Å². The van der Waals surface area contributed by atoms with Gasteiger partial charge >= 0.3 is 5.97 Å². The molecule has 0 aromatic heterocycles. The number of carbonyl (C=O) groups is 2. The second kappa shape index (κ2) is 8.30. The summed E-state index contributed by atoms with van der Waals surface area (Å²) >= 11 is 0. The van der Waals surface area contributed by atoms with Gasteiger partial charge in [-0.15, -0.1) is 0 Å². The van der Waals surface area contributed by atoms with Gasteiger partial charge < -0.3 is 14.8 Å². The first-order valence-electron chi connectivity index (χ1n) is 8.19. The number of para-hydroxylation sites is 1. The fraction of sp³-hybridized carbons (Fsp3) is 0.0476. The van der Waals surface area contributed by atoms with E-state index in [0.717, 1.165) is 12.1 Å². The first-order chi connectivity index (χ1) is 13.5. The molecule has 0 bridgehead atoms. The molecular weight excluding hydrogens is 368 g/mol. The number of esters is 1. The number of hydrogen-bond acceptors (Lipinski definition) is 4. The zero-order valence-electron chi connectivity index (χ0n) is 14.7. The van der Waals surface area contributed by atoms with Crippen LogP contribution in [0.4, 0.5) is 14.5 Å². The minimum atomic E-state index is -0.899. The van der Waals surface area contributed by atoms with E-state index in [-0.39, 0.29) is 17.2 Å². The maximum absolute atomic E-state index is 13.2. The van der Waals surface area contributed by atoms with Crippen molar-refractivity contribution in [3.63, 3.8) is 0 Å². The highest BCUT2D eigenvalue weighted by Crippen LogP contribution is 2.21. The van der Waals surface area contributed by atoms with Gasteiger partial charge in [-0.25, -0.2) is 13.6 Å². The van der Waals surface area contributed by atoms with Gasteiger partial charge in [0.15, 0.2) is 0 Å². The van der Waals surface area contributed by atoms with E-state index in [1.165, 1.54) is 31.4 Å². The summed E-state index contributed by atoms with van der Waals surface area (Å²) < 4.78 is 36.6. The zero-order chi connectivity index (χ0) is 20.1. The highest BCUT2D eigenvalue weighted by Gasteiger charge is 2.13. The third-order valence-electron chi connectivity index (χ3n) is 3.77. The van der Waals surface area contributed by atoms with Crippen molar-refractivity contribution in [2.24, 2.45) is 0 Å². The third-order valence-corrected chi connectivity index (χ3v) is 3.77. The highest BCUT2D eigenvalue weighted by atomic mass is 19.1. The van der Waals surface area contributed by atoms with Crippen molar-refractivity contribution in [3.05, 3.63) is 89.5 Å². The van der Waals surface area contributed by atoms with Gasteiger partial charge in [0.05, 0.1) is 18.2 Å². The van der Waals surface area contributed by atoms with Crippen LogP contribution in [-0.2, 0) is 0 Å². The van der Waals surface area contributed by atoms with E-state index in [9.17, 15) is 18.4 Å². The van der Waals surface area contributed by atoms with Crippen LogP contribution in [0.2, 0.25) is 0 Å². The second-order valence-corrected chi connectivity index (χ2v) is 5.73. The Kier molecular flexibility index (Phi) is 5.64. The highest BCUT2D eigenvalue weighted by molar-refractivity contribution is 6.06. The molecule has 0 aliphatic carbocycles. The van der Waals surface area contributed by atoms with Gasteiger partial charge in [0, 0.05) is 11.8 Å². The average molecular weight is 383 g/mol. The molecule has 7 heteroatoms.